The van der Waals surface area contributed by atoms with E-state index < -0.39 is 16.2 Å². The maximum absolute atomic E-state index is 10.8. The summed E-state index contributed by atoms with van der Waals surface area (Å²) in [5.74, 6) is 0. The second-order valence-electron chi connectivity index (χ2n) is 13.5. The number of hydrogen-bond acceptors (Lipinski definition) is 3. The topological polar surface area (TPSA) is 46.0 Å². The molecular formula is C50H42IrN2OPSi-. The molecule has 2 aromatic heterocycles. The number of aromatic nitrogens is 2. The van der Waals surface area contributed by atoms with E-state index in [4.69, 9.17) is 0 Å². The predicted octanol–water partition coefficient (Wildman–Crippen LogP) is 9.98. The van der Waals surface area contributed by atoms with Crippen LogP contribution in [0.25, 0.3) is 44.1 Å². The van der Waals surface area contributed by atoms with Gasteiger partial charge in [-0.05, 0) is 88.5 Å². The van der Waals surface area contributed by atoms with Gasteiger partial charge < -0.3 is 14.8 Å². The van der Waals surface area contributed by atoms with Gasteiger partial charge >= 0.3 is 0 Å². The minimum Gasteiger partial charge on any atom is -0.428 e. The van der Waals surface area contributed by atoms with Crippen LogP contribution in [0.4, 0.5) is 0 Å². The second-order valence-corrected chi connectivity index (χ2v) is 19.6. The van der Waals surface area contributed by atoms with Crippen LogP contribution in [0.5, 0.6) is 0 Å². The molecule has 9 rings (SSSR count). The third-order valence-corrected chi connectivity index (χ3v) is 14.1. The molecule has 0 atom stereocenters. The molecule has 0 aliphatic heterocycles. The van der Waals surface area contributed by atoms with Crippen molar-refractivity contribution in [1.82, 2.24) is 9.97 Å². The first kappa shape index (κ1) is 40.3. The Bertz CT molecular complexity index is 2420. The number of benzene rings is 7. The minimum absolute atomic E-state index is 0. The van der Waals surface area contributed by atoms with Gasteiger partial charge in [0.05, 0.1) is 7.92 Å². The van der Waals surface area contributed by atoms with Crippen LogP contribution in [0.3, 0.4) is 0 Å². The Hall–Kier alpha value is -5.38. The van der Waals surface area contributed by atoms with Gasteiger partial charge in [0.15, 0.2) is 0 Å². The van der Waals surface area contributed by atoms with E-state index in [-0.39, 0.29) is 20.1 Å². The molecule has 0 saturated heterocycles. The molecule has 1 N–H and O–H groups in total. The van der Waals surface area contributed by atoms with E-state index in [9.17, 15) is 4.80 Å². The van der Waals surface area contributed by atoms with E-state index in [1.54, 1.807) is 0 Å². The van der Waals surface area contributed by atoms with Crippen LogP contribution in [0.15, 0.2) is 207 Å². The van der Waals surface area contributed by atoms with Gasteiger partial charge in [0.1, 0.15) is 15.9 Å². The first-order valence-corrected chi connectivity index (χ1v) is 22.8. The van der Waals surface area contributed by atoms with Gasteiger partial charge in [-0.25, -0.2) is 0 Å². The van der Waals surface area contributed by atoms with Crippen molar-refractivity contribution in [2.75, 3.05) is 0 Å². The Balaban J connectivity index is 0.000000144. The number of fused-ring (bicyclic) bond motifs is 2. The maximum Gasteiger partial charge on any atom is 0.217 e. The van der Waals surface area contributed by atoms with Crippen LogP contribution in [-0.2, 0) is 20.1 Å². The molecule has 277 valence electrons. The van der Waals surface area contributed by atoms with E-state index in [0.717, 1.165) is 27.7 Å². The molecule has 1 radical (unpaired) electrons. The van der Waals surface area contributed by atoms with Crippen LogP contribution >= 0.6 is 7.92 Å². The fraction of sp³-hybridized carbons (Fsp3) is 0.0400. The summed E-state index contributed by atoms with van der Waals surface area (Å²) in [5, 5.41) is 9.95. The molecule has 0 aliphatic carbocycles. The molecule has 0 fully saturated rings. The number of nitrogens with zero attached hydrogens (tertiary/aromatic N) is 2. The average Bonchev–Trinajstić information content (AvgIpc) is 3.25. The molecule has 2 heterocycles. The summed E-state index contributed by atoms with van der Waals surface area (Å²) in [6.45, 7) is 4.00. The zero-order valence-electron chi connectivity index (χ0n) is 31.3. The van der Waals surface area contributed by atoms with Gasteiger partial charge in [-0.15, -0.1) is 71.8 Å². The number of hydrogen-bond donors (Lipinski definition) is 1. The molecule has 0 spiro atoms. The quantitative estimate of drug-likeness (QED) is 0.103. The third-order valence-electron chi connectivity index (χ3n) is 9.26. The van der Waals surface area contributed by atoms with Gasteiger partial charge in [0.25, 0.3) is 0 Å². The molecule has 6 heteroatoms. The van der Waals surface area contributed by atoms with Crippen molar-refractivity contribution in [3.63, 3.8) is 0 Å². The van der Waals surface area contributed by atoms with Crippen LogP contribution in [0.2, 0.25) is 13.1 Å². The zero-order valence-corrected chi connectivity index (χ0v) is 35.7. The fourth-order valence-corrected chi connectivity index (χ4v) is 11.8. The first-order valence-electron chi connectivity index (χ1n) is 18.4. The van der Waals surface area contributed by atoms with E-state index in [0.29, 0.717) is 0 Å². The normalized spacial score (nSPS) is 10.8. The first-order chi connectivity index (χ1) is 27.0. The van der Waals surface area contributed by atoms with Crippen LogP contribution in [0, 0.1) is 12.1 Å². The Labute approximate surface area is 346 Å². The number of pyridine rings is 2. The van der Waals surface area contributed by atoms with Gasteiger partial charge in [-0.3, -0.25) is 0 Å². The van der Waals surface area contributed by atoms with Gasteiger partial charge in [-0.2, -0.15) is 0 Å². The Morgan fingerprint density at radius 2 is 0.875 bits per heavy atom. The van der Waals surface area contributed by atoms with Gasteiger partial charge in [-0.1, -0.05) is 103 Å². The van der Waals surface area contributed by atoms with E-state index in [2.05, 4.69) is 125 Å². The molecule has 56 heavy (non-hydrogen) atoms. The molecule has 0 aliphatic rings. The largest absolute Gasteiger partial charge is 0.428 e. The zero-order chi connectivity index (χ0) is 37.9. The summed E-state index contributed by atoms with van der Waals surface area (Å²) in [6.07, 6.45) is 3.69. The molecule has 0 saturated carbocycles. The Kier molecular flexibility index (Phi) is 14.0. The van der Waals surface area contributed by atoms with Crippen molar-refractivity contribution in [1.29, 1.82) is 0 Å². The molecule has 0 bridgehead atoms. The summed E-state index contributed by atoms with van der Waals surface area (Å²) in [5.41, 5.74) is 4.08. The summed E-state index contributed by atoms with van der Waals surface area (Å²) < 4.78 is 0. The summed E-state index contributed by atoms with van der Waals surface area (Å²) in [6, 6.07) is 72.7. The fourth-order valence-electron chi connectivity index (χ4n) is 6.67. The standard InChI is InChI=1S/C20H21OPSi.2C15H10N.Ir/c1-23(2,21)20-16-10-9-15-19(20)22(17-11-5-3-6-12-17)18-13-7-4-8-14-18;2*1-2-7-13(8-3-1)15-14-9-5-4-6-12(14)10-11-16-15;/h3-16,21H,1-2H3;2*1-7,9-11H;/q;2*-1;/p+1. The van der Waals surface area contributed by atoms with Crippen molar-refractivity contribution in [3.8, 4) is 22.5 Å². The van der Waals surface area contributed by atoms with Crippen molar-refractivity contribution in [2.24, 2.45) is 0 Å². The monoisotopic (exact) mass is 938 g/mol. The molecule has 7 aromatic carbocycles. The summed E-state index contributed by atoms with van der Waals surface area (Å²) >= 11 is 0. The van der Waals surface area contributed by atoms with Crippen molar-refractivity contribution >= 4 is 58.9 Å². The van der Waals surface area contributed by atoms with E-state index in [1.807, 2.05) is 116 Å². The Morgan fingerprint density at radius 3 is 1.32 bits per heavy atom. The van der Waals surface area contributed by atoms with Crippen LogP contribution in [-0.4, -0.2) is 23.1 Å². The van der Waals surface area contributed by atoms with Crippen molar-refractivity contribution in [3.05, 3.63) is 219 Å². The predicted molar refractivity (Wildman–Crippen MR) is 238 cm³/mol. The molecule has 9 aromatic rings. The summed E-state index contributed by atoms with van der Waals surface area (Å²) in [4.78, 5) is 19.7. The van der Waals surface area contributed by atoms with Crippen molar-refractivity contribution < 1.29 is 24.9 Å². The SMILES string of the molecule is C[Si](C)(O)c1ccccc1[PH+](c1ccccc1)c1ccccc1.[Ir].[c-]1ccccc1-c1nccc2ccccc12.[c-]1ccccc1-c1nccc2ccccc12. The van der Waals surface area contributed by atoms with Crippen LogP contribution in [0.1, 0.15) is 0 Å². The summed E-state index contributed by atoms with van der Waals surface area (Å²) in [7, 11) is -3.50. The smallest absolute Gasteiger partial charge is 0.217 e. The van der Waals surface area contributed by atoms with E-state index in [1.165, 1.54) is 37.5 Å². The Morgan fingerprint density at radius 1 is 0.464 bits per heavy atom. The van der Waals surface area contributed by atoms with Crippen molar-refractivity contribution in [2.45, 2.75) is 13.1 Å². The minimum atomic E-state index is -2.38. The molecular weight excluding hydrogens is 896 g/mol. The third kappa shape index (κ3) is 9.88. The molecule has 0 amide bonds. The average molecular weight is 938 g/mol. The maximum atomic E-state index is 10.8. The molecule has 3 nitrogen and oxygen atoms in total. The van der Waals surface area contributed by atoms with Gasteiger partial charge in [0, 0.05) is 37.7 Å². The second kappa shape index (κ2) is 19.5. The molecule has 0 unspecified atom stereocenters. The number of rotatable bonds is 6. The van der Waals surface area contributed by atoms with Gasteiger partial charge in [0.2, 0.25) is 8.32 Å². The van der Waals surface area contributed by atoms with Crippen LogP contribution < -0.4 is 21.1 Å². The van der Waals surface area contributed by atoms with E-state index >= 15 is 0 Å².